The van der Waals surface area contributed by atoms with Crippen LogP contribution < -0.4 is 25.2 Å². The summed E-state index contributed by atoms with van der Waals surface area (Å²) in [7, 11) is 3.25. The van der Waals surface area contributed by atoms with Crippen molar-refractivity contribution in [1.29, 1.82) is 0 Å². The number of fused-ring (bicyclic) bond motifs is 2. The zero-order chi connectivity index (χ0) is 29.1. The molecule has 5 rings (SSSR count). The van der Waals surface area contributed by atoms with Gasteiger partial charge in [-0.15, -0.1) is 0 Å². The second-order valence-corrected chi connectivity index (χ2v) is 10.2. The van der Waals surface area contributed by atoms with Gasteiger partial charge in [-0.05, 0) is 79.2 Å². The van der Waals surface area contributed by atoms with Crippen molar-refractivity contribution in [1.82, 2.24) is 10.6 Å². The van der Waals surface area contributed by atoms with Crippen LogP contribution in [0.3, 0.4) is 0 Å². The normalized spacial score (nSPS) is 15.7. The number of rotatable bonds is 7. The minimum atomic E-state index is -0.969. The Kier molecular flexibility index (Phi) is 8.03. The first-order chi connectivity index (χ1) is 19.8. The highest BCUT2D eigenvalue weighted by atomic mass is 16.5. The zero-order valence-corrected chi connectivity index (χ0v) is 23.7. The van der Waals surface area contributed by atoms with Crippen LogP contribution in [0.2, 0.25) is 0 Å². The first-order valence-electron chi connectivity index (χ1n) is 13.6. The summed E-state index contributed by atoms with van der Waals surface area (Å²) in [5, 5.41) is 7.96. The monoisotopic (exact) mass is 550 g/mol. The van der Waals surface area contributed by atoms with Crippen molar-refractivity contribution in [2.45, 2.75) is 32.5 Å². The molecule has 0 aliphatic carbocycles. The number of likely N-dealkylation sites (N-methyl/N-ethyl adjacent to an activating group) is 1. The number of aryl methyl sites for hydroxylation is 1. The second-order valence-electron chi connectivity index (χ2n) is 10.2. The van der Waals surface area contributed by atoms with E-state index in [1.165, 1.54) is 0 Å². The van der Waals surface area contributed by atoms with Crippen LogP contribution in [0, 0.1) is 6.92 Å². The lowest BCUT2D eigenvalue weighted by Crippen LogP contribution is -2.55. The molecule has 0 radical (unpaired) electrons. The topological polar surface area (TPSA) is 91.0 Å². The van der Waals surface area contributed by atoms with Gasteiger partial charge in [-0.1, -0.05) is 48.5 Å². The van der Waals surface area contributed by atoms with Gasteiger partial charge < -0.3 is 25.2 Å². The number of ether oxygens (including phenoxy) is 1. The standard InChI is InChI=1S/C33H34N4O4/c1-21-13-14-23-9-5-6-10-26(23)27(21)19-36-29-11-7-8-12-30(29)37(32(39)24-15-17-25(41-4)18-16-24)20-28(33(36)40)35-31(38)22(2)34-3/h5-18,22,28,34H,19-20H2,1-4H3,(H,35,38). The third kappa shape index (κ3) is 5.51. The first kappa shape index (κ1) is 27.9. The van der Waals surface area contributed by atoms with E-state index in [0.717, 1.165) is 21.9 Å². The van der Waals surface area contributed by atoms with Crippen molar-refractivity contribution in [2.75, 3.05) is 30.5 Å². The third-order valence-electron chi connectivity index (χ3n) is 7.71. The largest absolute Gasteiger partial charge is 0.497 e. The maximum absolute atomic E-state index is 14.3. The number of methoxy groups -OCH3 is 1. The number of hydrogen-bond acceptors (Lipinski definition) is 5. The van der Waals surface area contributed by atoms with Crippen molar-refractivity contribution >= 4 is 39.9 Å². The number of nitrogens with zero attached hydrogens (tertiary/aromatic N) is 2. The van der Waals surface area contributed by atoms with Gasteiger partial charge in [0.1, 0.15) is 11.8 Å². The van der Waals surface area contributed by atoms with E-state index in [4.69, 9.17) is 4.74 Å². The highest BCUT2D eigenvalue weighted by Crippen LogP contribution is 2.36. The van der Waals surface area contributed by atoms with E-state index >= 15 is 0 Å². The number of para-hydroxylation sites is 2. The Bertz CT molecular complexity index is 1600. The molecule has 2 N–H and O–H groups in total. The molecule has 210 valence electrons. The number of hydrogen-bond donors (Lipinski definition) is 2. The molecule has 2 unspecified atom stereocenters. The van der Waals surface area contributed by atoms with Crippen LogP contribution in [0.4, 0.5) is 11.4 Å². The Labute approximate surface area is 239 Å². The van der Waals surface area contributed by atoms with Gasteiger partial charge in [0.05, 0.1) is 37.6 Å². The van der Waals surface area contributed by atoms with Crippen molar-refractivity contribution in [3.63, 3.8) is 0 Å². The lowest BCUT2D eigenvalue weighted by Gasteiger charge is -2.27. The smallest absolute Gasteiger partial charge is 0.258 e. The Balaban J connectivity index is 1.62. The number of nitrogens with one attached hydrogen (secondary N) is 2. The lowest BCUT2D eigenvalue weighted by molar-refractivity contribution is -0.128. The third-order valence-corrected chi connectivity index (χ3v) is 7.71. The van der Waals surface area contributed by atoms with Crippen LogP contribution in [0.15, 0.2) is 84.9 Å². The minimum absolute atomic E-state index is 0.0199. The molecule has 0 fully saturated rings. The predicted molar refractivity (Wildman–Crippen MR) is 161 cm³/mol. The minimum Gasteiger partial charge on any atom is -0.497 e. The molecule has 3 amide bonds. The summed E-state index contributed by atoms with van der Waals surface area (Å²) in [5.74, 6) is -0.255. The van der Waals surface area contributed by atoms with Crippen LogP contribution in [-0.4, -0.2) is 50.5 Å². The molecule has 0 aromatic heterocycles. The molecule has 1 heterocycles. The second kappa shape index (κ2) is 11.8. The molecular formula is C33H34N4O4. The van der Waals surface area contributed by atoms with E-state index in [-0.39, 0.29) is 30.8 Å². The average Bonchev–Trinajstić information content (AvgIpc) is 3.12. The molecule has 0 saturated heterocycles. The van der Waals surface area contributed by atoms with E-state index in [9.17, 15) is 14.4 Å². The van der Waals surface area contributed by atoms with Gasteiger partial charge in [0.2, 0.25) is 5.91 Å². The maximum Gasteiger partial charge on any atom is 0.258 e. The number of carbonyl (C=O) groups is 3. The fraction of sp³-hybridized carbons (Fsp3) is 0.242. The van der Waals surface area contributed by atoms with Crippen molar-refractivity contribution in [3.8, 4) is 5.75 Å². The van der Waals surface area contributed by atoms with Crippen LogP contribution in [-0.2, 0) is 16.1 Å². The van der Waals surface area contributed by atoms with Gasteiger partial charge in [-0.25, -0.2) is 0 Å². The van der Waals surface area contributed by atoms with Gasteiger partial charge in [-0.2, -0.15) is 0 Å². The summed E-state index contributed by atoms with van der Waals surface area (Å²) in [6, 6.07) is 25.0. The summed E-state index contributed by atoms with van der Waals surface area (Å²) < 4.78 is 5.26. The predicted octanol–water partition coefficient (Wildman–Crippen LogP) is 4.44. The number of benzene rings is 4. The van der Waals surface area contributed by atoms with E-state index in [2.05, 4.69) is 28.8 Å². The molecule has 1 aliphatic heterocycles. The number of amides is 3. The summed E-state index contributed by atoms with van der Waals surface area (Å²) in [6.07, 6.45) is 0. The average molecular weight is 551 g/mol. The fourth-order valence-corrected chi connectivity index (χ4v) is 5.18. The molecule has 8 heteroatoms. The number of anilines is 2. The molecule has 2 atom stereocenters. The van der Waals surface area contributed by atoms with Gasteiger partial charge in [0.15, 0.2) is 0 Å². The SMILES string of the molecule is CNC(C)C(=O)NC1CN(C(=O)c2ccc(OC)cc2)c2ccccc2N(Cc2c(C)ccc3ccccc23)C1=O. The highest BCUT2D eigenvalue weighted by Gasteiger charge is 2.38. The van der Waals surface area contributed by atoms with Gasteiger partial charge in [0, 0.05) is 5.56 Å². The van der Waals surface area contributed by atoms with Gasteiger partial charge in [0.25, 0.3) is 11.8 Å². The molecule has 0 saturated carbocycles. The highest BCUT2D eigenvalue weighted by molar-refractivity contribution is 6.13. The van der Waals surface area contributed by atoms with Crippen LogP contribution in [0.5, 0.6) is 5.75 Å². The molecule has 4 aromatic rings. The molecule has 4 aromatic carbocycles. The maximum atomic E-state index is 14.3. The lowest BCUT2D eigenvalue weighted by atomic mass is 9.99. The summed E-state index contributed by atoms with van der Waals surface area (Å²) in [4.78, 5) is 44.6. The van der Waals surface area contributed by atoms with E-state index in [1.54, 1.807) is 55.1 Å². The molecule has 8 nitrogen and oxygen atoms in total. The Hall–Kier alpha value is -4.69. The van der Waals surface area contributed by atoms with Gasteiger partial charge >= 0.3 is 0 Å². The molecule has 1 aliphatic rings. The number of carbonyl (C=O) groups excluding carboxylic acids is 3. The van der Waals surface area contributed by atoms with E-state index in [0.29, 0.717) is 22.7 Å². The summed E-state index contributed by atoms with van der Waals surface area (Å²) in [5.41, 5.74) is 3.70. The Morgan fingerprint density at radius 3 is 2.34 bits per heavy atom. The van der Waals surface area contributed by atoms with Crippen molar-refractivity contribution < 1.29 is 19.1 Å². The van der Waals surface area contributed by atoms with Crippen molar-refractivity contribution in [2.24, 2.45) is 0 Å². The Morgan fingerprint density at radius 2 is 1.63 bits per heavy atom. The summed E-state index contributed by atoms with van der Waals surface area (Å²) in [6.45, 7) is 4.02. The quantitative estimate of drug-likeness (QED) is 0.355. The molecular weight excluding hydrogens is 516 g/mol. The van der Waals surface area contributed by atoms with Crippen LogP contribution in [0.1, 0.15) is 28.4 Å². The van der Waals surface area contributed by atoms with E-state index < -0.39 is 12.1 Å². The molecule has 41 heavy (non-hydrogen) atoms. The van der Waals surface area contributed by atoms with Crippen LogP contribution >= 0.6 is 0 Å². The van der Waals surface area contributed by atoms with Gasteiger partial charge in [-0.3, -0.25) is 14.4 Å². The molecule has 0 bridgehead atoms. The first-order valence-corrected chi connectivity index (χ1v) is 13.6. The van der Waals surface area contributed by atoms with Crippen molar-refractivity contribution in [3.05, 3.63) is 102 Å². The molecule has 0 spiro atoms. The fourth-order valence-electron chi connectivity index (χ4n) is 5.18. The Morgan fingerprint density at radius 1 is 0.951 bits per heavy atom. The zero-order valence-electron chi connectivity index (χ0n) is 23.7. The van der Waals surface area contributed by atoms with E-state index in [1.807, 2.05) is 49.4 Å². The van der Waals surface area contributed by atoms with Crippen LogP contribution in [0.25, 0.3) is 10.8 Å². The summed E-state index contributed by atoms with van der Waals surface area (Å²) >= 11 is 0.